The Kier molecular flexibility index (Phi) is 11.0. The molecule has 0 saturated heterocycles. The molecule has 4 amide bonds. The number of rotatable bonds is 14. The highest BCUT2D eigenvalue weighted by Crippen LogP contribution is 2.08. The highest BCUT2D eigenvalue weighted by atomic mass is 16.4. The number of aromatic amines is 1. The minimum atomic E-state index is -1.38. The monoisotopic (exact) mass is 467 g/mol. The molecule has 0 aliphatic heterocycles. The zero-order valence-electron chi connectivity index (χ0n) is 19.0. The first-order valence-electron chi connectivity index (χ1n) is 10.6. The number of carboxylic acids is 1. The van der Waals surface area contributed by atoms with Crippen LogP contribution in [0.5, 0.6) is 0 Å². The third kappa shape index (κ3) is 10.1. The van der Waals surface area contributed by atoms with Gasteiger partial charge in [0.1, 0.15) is 18.1 Å². The smallest absolute Gasteiger partial charge is 0.326 e. The van der Waals surface area contributed by atoms with Crippen LogP contribution in [0, 0.1) is 5.92 Å². The molecule has 13 nitrogen and oxygen atoms in total. The number of carbonyl (C=O) groups excluding carboxylic acids is 4. The Labute approximate surface area is 191 Å². The van der Waals surface area contributed by atoms with Gasteiger partial charge in [0.15, 0.2) is 0 Å². The number of nitrogens with two attached hydrogens (primary N) is 2. The molecule has 4 atom stereocenters. The normalized spacial score (nSPS) is 14.6. The molecule has 0 spiro atoms. The van der Waals surface area contributed by atoms with Gasteiger partial charge in [-0.1, -0.05) is 13.8 Å². The maximum atomic E-state index is 13.0. The second kappa shape index (κ2) is 13.2. The summed E-state index contributed by atoms with van der Waals surface area (Å²) in [6, 6.07) is -4.35. The van der Waals surface area contributed by atoms with Crippen LogP contribution in [-0.2, 0) is 30.4 Å². The van der Waals surface area contributed by atoms with Crippen molar-refractivity contribution in [3.8, 4) is 0 Å². The summed E-state index contributed by atoms with van der Waals surface area (Å²) in [4.78, 5) is 67.1. The van der Waals surface area contributed by atoms with Crippen molar-refractivity contribution in [2.45, 2.75) is 70.6 Å². The molecule has 0 bridgehead atoms. The van der Waals surface area contributed by atoms with Crippen LogP contribution in [0.3, 0.4) is 0 Å². The topological polar surface area (TPSA) is 222 Å². The van der Waals surface area contributed by atoms with Crippen LogP contribution < -0.4 is 27.4 Å². The summed E-state index contributed by atoms with van der Waals surface area (Å²) >= 11 is 0. The Morgan fingerprint density at radius 2 is 1.58 bits per heavy atom. The molecule has 0 aliphatic carbocycles. The van der Waals surface area contributed by atoms with E-state index in [1.165, 1.54) is 19.4 Å². The van der Waals surface area contributed by atoms with E-state index in [2.05, 4.69) is 25.9 Å². The van der Waals surface area contributed by atoms with Gasteiger partial charge in [0.25, 0.3) is 0 Å². The predicted octanol–water partition coefficient (Wildman–Crippen LogP) is -1.85. The number of H-pyrrole nitrogens is 1. The van der Waals surface area contributed by atoms with E-state index in [0.717, 1.165) is 0 Å². The van der Waals surface area contributed by atoms with E-state index >= 15 is 0 Å². The van der Waals surface area contributed by atoms with Gasteiger partial charge in [-0.15, -0.1) is 0 Å². The van der Waals surface area contributed by atoms with Crippen LogP contribution in [0.2, 0.25) is 0 Å². The average Bonchev–Trinajstić information content (AvgIpc) is 3.22. The molecule has 13 heteroatoms. The van der Waals surface area contributed by atoms with E-state index in [1.54, 1.807) is 0 Å². The van der Waals surface area contributed by atoms with E-state index in [4.69, 9.17) is 11.5 Å². The zero-order chi connectivity index (χ0) is 25.1. The molecule has 0 aromatic carbocycles. The predicted molar refractivity (Wildman–Crippen MR) is 117 cm³/mol. The number of nitrogens with zero attached hydrogens (tertiary/aromatic N) is 1. The minimum absolute atomic E-state index is 0.0185. The number of primary amides is 1. The van der Waals surface area contributed by atoms with E-state index in [0.29, 0.717) is 12.1 Å². The summed E-state index contributed by atoms with van der Waals surface area (Å²) in [5, 5.41) is 16.8. The Morgan fingerprint density at radius 3 is 2.06 bits per heavy atom. The second-order valence-corrected chi connectivity index (χ2v) is 8.23. The fourth-order valence-electron chi connectivity index (χ4n) is 2.92. The zero-order valence-corrected chi connectivity index (χ0v) is 19.0. The van der Waals surface area contributed by atoms with Gasteiger partial charge in [-0.2, -0.15) is 0 Å². The summed E-state index contributed by atoms with van der Waals surface area (Å²) in [6.45, 7) is 5.21. The highest BCUT2D eigenvalue weighted by Gasteiger charge is 2.30. The first kappa shape index (κ1) is 27.6. The Balaban J connectivity index is 3.04. The molecule has 0 fully saturated rings. The van der Waals surface area contributed by atoms with Crippen molar-refractivity contribution in [1.29, 1.82) is 0 Å². The molecule has 4 unspecified atom stereocenters. The number of imidazole rings is 1. The van der Waals surface area contributed by atoms with Gasteiger partial charge in [0, 0.05) is 24.7 Å². The quantitative estimate of drug-likeness (QED) is 0.164. The number of aliphatic carboxylic acids is 1. The molecule has 1 aromatic rings. The van der Waals surface area contributed by atoms with Crippen molar-refractivity contribution >= 4 is 29.6 Å². The molecule has 0 aliphatic rings. The molecule has 9 N–H and O–H groups in total. The van der Waals surface area contributed by atoms with Gasteiger partial charge in [-0.25, -0.2) is 9.78 Å². The van der Waals surface area contributed by atoms with Crippen molar-refractivity contribution in [2.24, 2.45) is 17.4 Å². The van der Waals surface area contributed by atoms with Gasteiger partial charge in [-0.3, -0.25) is 19.2 Å². The highest BCUT2D eigenvalue weighted by molar-refractivity contribution is 5.94. The molecule has 1 rings (SSSR count). The minimum Gasteiger partial charge on any atom is -0.480 e. The first-order valence-corrected chi connectivity index (χ1v) is 10.6. The molecular formula is C20H33N7O6. The second-order valence-electron chi connectivity index (χ2n) is 8.23. The third-order valence-electron chi connectivity index (χ3n) is 4.66. The standard InChI is InChI=1S/C20H33N7O6/c1-10(2)6-14(26-17(29)11(3)21)18(30)27-15(7-12-8-23-9-24-12)19(31)25-13(20(32)33)4-5-16(22)28/h8-11,13-15H,4-7,21H2,1-3H3,(H2,22,28)(H,23,24)(H,25,31)(H,26,29)(H,27,30)(H,32,33). The van der Waals surface area contributed by atoms with E-state index in [9.17, 15) is 29.1 Å². The lowest BCUT2D eigenvalue weighted by atomic mass is 10.0. The van der Waals surface area contributed by atoms with Gasteiger partial charge in [0.05, 0.1) is 12.4 Å². The molecule has 33 heavy (non-hydrogen) atoms. The molecule has 1 aromatic heterocycles. The lowest BCUT2D eigenvalue weighted by Crippen LogP contribution is -2.57. The van der Waals surface area contributed by atoms with Crippen LogP contribution in [-0.4, -0.2) is 68.8 Å². The maximum Gasteiger partial charge on any atom is 0.326 e. The molecule has 1 heterocycles. The SMILES string of the molecule is CC(C)CC(NC(=O)C(C)N)C(=O)NC(Cc1cnc[nH]1)C(=O)NC(CCC(N)=O)C(=O)O. The number of nitrogens with one attached hydrogen (secondary N) is 4. The van der Waals surface area contributed by atoms with Gasteiger partial charge in [-0.05, 0) is 25.7 Å². The van der Waals surface area contributed by atoms with E-state index in [-0.39, 0.29) is 25.2 Å². The number of hydrogen-bond donors (Lipinski definition) is 7. The van der Waals surface area contributed by atoms with Crippen LogP contribution >= 0.6 is 0 Å². The first-order chi connectivity index (χ1) is 15.4. The summed E-state index contributed by atoms with van der Waals surface area (Å²) in [5.41, 5.74) is 11.2. The summed E-state index contributed by atoms with van der Waals surface area (Å²) in [7, 11) is 0. The van der Waals surface area contributed by atoms with Crippen molar-refractivity contribution in [3.05, 3.63) is 18.2 Å². The Bertz CT molecular complexity index is 825. The molecule has 184 valence electrons. The van der Waals surface area contributed by atoms with Crippen molar-refractivity contribution in [1.82, 2.24) is 25.9 Å². The number of amides is 4. The number of carboxylic acid groups (broad SMARTS) is 1. The third-order valence-corrected chi connectivity index (χ3v) is 4.66. The Hall–Kier alpha value is -3.48. The van der Waals surface area contributed by atoms with E-state index < -0.39 is 53.8 Å². The fraction of sp³-hybridized carbons (Fsp3) is 0.600. The largest absolute Gasteiger partial charge is 0.480 e. The molecule has 0 saturated carbocycles. The van der Waals surface area contributed by atoms with Crippen molar-refractivity contribution < 1.29 is 29.1 Å². The van der Waals surface area contributed by atoms with Crippen LogP contribution in [0.25, 0.3) is 0 Å². The molecule has 0 radical (unpaired) electrons. The van der Waals surface area contributed by atoms with Crippen LogP contribution in [0.1, 0.15) is 45.7 Å². The lowest BCUT2D eigenvalue weighted by molar-refractivity contribution is -0.142. The Morgan fingerprint density at radius 1 is 1.00 bits per heavy atom. The lowest BCUT2D eigenvalue weighted by Gasteiger charge is -2.25. The number of carbonyl (C=O) groups is 5. The summed E-state index contributed by atoms with van der Waals surface area (Å²) in [6.07, 6.45) is 2.67. The number of aromatic nitrogens is 2. The van der Waals surface area contributed by atoms with E-state index in [1.807, 2.05) is 13.8 Å². The average molecular weight is 468 g/mol. The fourth-order valence-corrected chi connectivity index (χ4v) is 2.92. The summed E-state index contributed by atoms with van der Waals surface area (Å²) in [5.74, 6) is -3.95. The van der Waals surface area contributed by atoms with Gasteiger partial charge >= 0.3 is 5.97 Å². The van der Waals surface area contributed by atoms with Gasteiger partial charge < -0.3 is 37.5 Å². The van der Waals surface area contributed by atoms with Crippen LogP contribution in [0.15, 0.2) is 12.5 Å². The van der Waals surface area contributed by atoms with Crippen molar-refractivity contribution in [3.63, 3.8) is 0 Å². The van der Waals surface area contributed by atoms with Crippen LogP contribution in [0.4, 0.5) is 0 Å². The number of hydrogen-bond acceptors (Lipinski definition) is 7. The molecular weight excluding hydrogens is 434 g/mol. The maximum absolute atomic E-state index is 13.0. The van der Waals surface area contributed by atoms with Crippen molar-refractivity contribution in [2.75, 3.05) is 0 Å². The van der Waals surface area contributed by atoms with Gasteiger partial charge in [0.2, 0.25) is 23.6 Å². The summed E-state index contributed by atoms with van der Waals surface area (Å²) < 4.78 is 0.